The molecule has 14 heavy (non-hydrogen) atoms. The van der Waals surface area contributed by atoms with Crippen LogP contribution in [-0.2, 0) is 0 Å². The number of nitrogens with zero attached hydrogens (tertiary/aromatic N) is 3. The summed E-state index contributed by atoms with van der Waals surface area (Å²) >= 11 is 0. The molecule has 4 nitrogen and oxygen atoms in total. The Morgan fingerprint density at radius 1 is 1.57 bits per heavy atom. The molecule has 2 heterocycles. The fraction of sp³-hybridized carbons (Fsp3) is 0.400. The zero-order valence-electron chi connectivity index (χ0n) is 8.34. The summed E-state index contributed by atoms with van der Waals surface area (Å²) in [5.41, 5.74) is 0.870. The molecule has 2 rings (SSSR count). The minimum absolute atomic E-state index is 0.0468. The SMILES string of the molecule is CC1CN(C)C(=O)N1c1cccnc1. The van der Waals surface area contributed by atoms with Crippen LogP contribution in [0.15, 0.2) is 24.5 Å². The number of aromatic nitrogens is 1. The third-order valence-electron chi connectivity index (χ3n) is 2.44. The van der Waals surface area contributed by atoms with Gasteiger partial charge in [0, 0.05) is 19.8 Å². The van der Waals surface area contributed by atoms with Crippen LogP contribution in [0.5, 0.6) is 0 Å². The molecule has 0 spiro atoms. The van der Waals surface area contributed by atoms with Crippen LogP contribution in [0, 0.1) is 0 Å². The lowest BCUT2D eigenvalue weighted by Gasteiger charge is -2.19. The van der Waals surface area contributed by atoms with Crippen LogP contribution in [0.2, 0.25) is 0 Å². The van der Waals surface area contributed by atoms with Crippen molar-refractivity contribution in [3.05, 3.63) is 24.5 Å². The lowest BCUT2D eigenvalue weighted by molar-refractivity contribution is 0.229. The summed E-state index contributed by atoms with van der Waals surface area (Å²) in [6, 6.07) is 4.01. The smallest absolute Gasteiger partial charge is 0.324 e. The molecule has 0 aromatic carbocycles. The van der Waals surface area contributed by atoms with Crippen molar-refractivity contribution in [1.82, 2.24) is 9.88 Å². The predicted molar refractivity (Wildman–Crippen MR) is 54.2 cm³/mol. The van der Waals surface area contributed by atoms with Crippen LogP contribution in [0.25, 0.3) is 0 Å². The number of pyridine rings is 1. The summed E-state index contributed by atoms with van der Waals surface area (Å²) in [6.45, 7) is 2.81. The molecule has 0 saturated carbocycles. The Bertz CT molecular complexity index is 338. The van der Waals surface area contributed by atoms with Crippen molar-refractivity contribution in [2.75, 3.05) is 18.5 Å². The summed E-state index contributed by atoms with van der Waals surface area (Å²) in [4.78, 5) is 19.2. The van der Waals surface area contributed by atoms with Gasteiger partial charge in [0.15, 0.2) is 0 Å². The molecule has 0 radical (unpaired) electrons. The van der Waals surface area contributed by atoms with Gasteiger partial charge in [-0.05, 0) is 19.1 Å². The zero-order chi connectivity index (χ0) is 10.1. The van der Waals surface area contributed by atoms with Gasteiger partial charge in [-0.25, -0.2) is 4.79 Å². The zero-order valence-corrected chi connectivity index (χ0v) is 8.34. The van der Waals surface area contributed by atoms with E-state index in [1.165, 1.54) is 0 Å². The van der Waals surface area contributed by atoms with Gasteiger partial charge in [0.05, 0.1) is 17.9 Å². The fourth-order valence-electron chi connectivity index (χ4n) is 1.79. The molecule has 1 unspecified atom stereocenters. The van der Waals surface area contributed by atoms with Crippen molar-refractivity contribution in [2.45, 2.75) is 13.0 Å². The lowest BCUT2D eigenvalue weighted by Crippen LogP contribution is -2.32. The van der Waals surface area contributed by atoms with Gasteiger partial charge in [-0.1, -0.05) is 0 Å². The summed E-state index contributed by atoms with van der Waals surface area (Å²) in [6.07, 6.45) is 3.42. The van der Waals surface area contributed by atoms with E-state index in [0.29, 0.717) is 0 Å². The molecule has 2 amide bonds. The van der Waals surface area contributed by atoms with Crippen molar-refractivity contribution < 1.29 is 4.79 Å². The summed E-state index contributed by atoms with van der Waals surface area (Å²) in [5.74, 6) is 0. The third kappa shape index (κ3) is 1.32. The quantitative estimate of drug-likeness (QED) is 0.671. The number of rotatable bonds is 1. The van der Waals surface area contributed by atoms with Crippen molar-refractivity contribution >= 4 is 11.7 Å². The normalized spacial score (nSPS) is 21.9. The number of anilines is 1. The summed E-state index contributed by atoms with van der Waals surface area (Å²) < 4.78 is 0. The Kier molecular flexibility index (Phi) is 2.11. The highest BCUT2D eigenvalue weighted by atomic mass is 16.2. The molecule has 0 N–H and O–H groups in total. The second-order valence-corrected chi connectivity index (χ2v) is 3.59. The summed E-state index contributed by atoms with van der Waals surface area (Å²) in [5, 5.41) is 0. The van der Waals surface area contributed by atoms with Crippen LogP contribution in [0.1, 0.15) is 6.92 Å². The Hall–Kier alpha value is -1.58. The first-order valence-corrected chi connectivity index (χ1v) is 4.64. The molecule has 0 aliphatic carbocycles. The first-order chi connectivity index (χ1) is 6.70. The van der Waals surface area contributed by atoms with E-state index in [4.69, 9.17) is 0 Å². The second-order valence-electron chi connectivity index (χ2n) is 3.59. The topological polar surface area (TPSA) is 36.4 Å². The lowest BCUT2D eigenvalue weighted by atomic mass is 10.3. The second kappa shape index (κ2) is 3.29. The molecular formula is C10H13N3O. The maximum Gasteiger partial charge on any atom is 0.324 e. The van der Waals surface area contributed by atoms with Gasteiger partial charge in [0.2, 0.25) is 0 Å². The number of carbonyl (C=O) groups excluding carboxylic acids is 1. The molecular weight excluding hydrogens is 178 g/mol. The van der Waals surface area contributed by atoms with Crippen LogP contribution in [0.4, 0.5) is 10.5 Å². The minimum atomic E-state index is 0.0468. The van der Waals surface area contributed by atoms with Crippen molar-refractivity contribution in [3.63, 3.8) is 0 Å². The molecule has 1 atom stereocenters. The van der Waals surface area contributed by atoms with Gasteiger partial charge in [-0.3, -0.25) is 9.88 Å². The average Bonchev–Trinajstić information content (AvgIpc) is 2.43. The van der Waals surface area contributed by atoms with Crippen molar-refractivity contribution in [2.24, 2.45) is 0 Å². The number of amides is 2. The molecule has 1 aliphatic heterocycles. The molecule has 0 bridgehead atoms. The van der Waals surface area contributed by atoms with Crippen LogP contribution in [-0.4, -0.2) is 35.5 Å². The highest BCUT2D eigenvalue weighted by Gasteiger charge is 2.32. The van der Waals surface area contributed by atoms with Gasteiger partial charge >= 0.3 is 6.03 Å². The van der Waals surface area contributed by atoms with Gasteiger partial charge in [0.1, 0.15) is 0 Å². The molecule has 1 aliphatic rings. The Morgan fingerprint density at radius 3 is 2.86 bits per heavy atom. The maximum atomic E-state index is 11.7. The number of hydrogen-bond acceptors (Lipinski definition) is 2. The first kappa shape index (κ1) is 8.99. The first-order valence-electron chi connectivity index (χ1n) is 4.64. The van der Waals surface area contributed by atoms with Crippen molar-refractivity contribution in [3.8, 4) is 0 Å². The fourth-order valence-corrected chi connectivity index (χ4v) is 1.79. The molecule has 1 saturated heterocycles. The van der Waals surface area contributed by atoms with Crippen molar-refractivity contribution in [1.29, 1.82) is 0 Å². The largest absolute Gasteiger partial charge is 0.325 e. The monoisotopic (exact) mass is 191 g/mol. The predicted octanol–water partition coefficient (Wildman–Crippen LogP) is 1.34. The average molecular weight is 191 g/mol. The van der Waals surface area contributed by atoms with Gasteiger partial charge < -0.3 is 4.90 Å². The molecule has 4 heteroatoms. The van der Waals surface area contributed by atoms with E-state index < -0.39 is 0 Å². The number of urea groups is 1. The molecule has 1 fully saturated rings. The molecule has 1 aromatic heterocycles. The van der Waals surface area contributed by atoms with Crippen LogP contribution < -0.4 is 4.90 Å². The van der Waals surface area contributed by atoms with Gasteiger partial charge in [-0.15, -0.1) is 0 Å². The van der Waals surface area contributed by atoms with E-state index in [9.17, 15) is 4.79 Å². The van der Waals surface area contributed by atoms with E-state index >= 15 is 0 Å². The Labute approximate surface area is 83.2 Å². The van der Waals surface area contributed by atoms with E-state index in [1.54, 1.807) is 22.2 Å². The molecule has 74 valence electrons. The van der Waals surface area contributed by atoms with Crippen LogP contribution in [0.3, 0.4) is 0 Å². The van der Waals surface area contributed by atoms with E-state index in [-0.39, 0.29) is 12.1 Å². The van der Waals surface area contributed by atoms with E-state index in [0.717, 1.165) is 12.2 Å². The number of likely N-dealkylation sites (N-methyl/N-ethyl adjacent to an activating group) is 1. The van der Waals surface area contributed by atoms with Gasteiger partial charge in [-0.2, -0.15) is 0 Å². The number of carbonyl (C=O) groups is 1. The van der Waals surface area contributed by atoms with E-state index in [1.807, 2.05) is 26.1 Å². The summed E-state index contributed by atoms with van der Waals surface area (Å²) in [7, 11) is 1.81. The minimum Gasteiger partial charge on any atom is -0.325 e. The highest BCUT2D eigenvalue weighted by Crippen LogP contribution is 2.22. The van der Waals surface area contributed by atoms with Gasteiger partial charge in [0.25, 0.3) is 0 Å². The Balaban J connectivity index is 2.31. The van der Waals surface area contributed by atoms with Crippen LogP contribution >= 0.6 is 0 Å². The number of hydrogen-bond donors (Lipinski definition) is 0. The Morgan fingerprint density at radius 2 is 2.36 bits per heavy atom. The standard InChI is InChI=1S/C10H13N3O/c1-8-7-12(2)10(14)13(8)9-4-3-5-11-6-9/h3-6,8H,7H2,1-2H3. The highest BCUT2D eigenvalue weighted by molar-refractivity contribution is 5.94. The molecule has 1 aromatic rings. The van der Waals surface area contributed by atoms with E-state index in [2.05, 4.69) is 4.98 Å². The maximum absolute atomic E-state index is 11.7. The third-order valence-corrected chi connectivity index (χ3v) is 2.44.